The number of hydrogen-bond donors (Lipinski definition) is 1. The van der Waals surface area contributed by atoms with E-state index in [9.17, 15) is 13.7 Å². The Balaban J connectivity index is 2.11. The number of rotatable bonds is 3. The highest BCUT2D eigenvalue weighted by Gasteiger charge is 2.32. The molecule has 2 rings (SSSR count). The van der Waals surface area contributed by atoms with E-state index in [1.165, 1.54) is 0 Å². The summed E-state index contributed by atoms with van der Waals surface area (Å²) in [5, 5.41) is 9.35. The van der Waals surface area contributed by atoms with Crippen LogP contribution in [0.15, 0.2) is 30.3 Å². The van der Waals surface area contributed by atoms with Gasteiger partial charge in [0, 0.05) is 19.6 Å². The van der Waals surface area contributed by atoms with Crippen LogP contribution in [-0.2, 0) is 15.4 Å². The molecule has 6 heteroatoms. The topological polar surface area (TPSA) is 87.2 Å². The fraction of sp³-hybridized carbons (Fsp3) is 0.462. The molecule has 0 aliphatic carbocycles. The van der Waals surface area contributed by atoms with E-state index in [1.807, 2.05) is 35.2 Å². The van der Waals surface area contributed by atoms with Gasteiger partial charge in [0.05, 0.1) is 17.6 Å². The fourth-order valence-corrected chi connectivity index (χ4v) is 3.46. The van der Waals surface area contributed by atoms with Gasteiger partial charge in [0.25, 0.3) is 0 Å². The molecule has 0 radical (unpaired) electrons. The molecular weight excluding hydrogens is 262 g/mol. The molecule has 5 nitrogen and oxygen atoms in total. The molecule has 1 aromatic rings. The Morgan fingerprint density at radius 1 is 1.26 bits per heavy atom. The molecule has 1 saturated heterocycles. The van der Waals surface area contributed by atoms with Crippen LogP contribution in [0.5, 0.6) is 0 Å². The minimum Gasteiger partial charge on any atom is -0.309 e. The number of benzene rings is 1. The predicted octanol–water partition coefficient (Wildman–Crippen LogP) is 0.0946. The molecule has 19 heavy (non-hydrogen) atoms. The second-order valence-electron chi connectivity index (χ2n) is 4.88. The first-order valence-electron chi connectivity index (χ1n) is 6.14. The molecular formula is C13H17N3O2S. The second kappa shape index (κ2) is 5.29. The average Bonchev–Trinajstić information content (AvgIpc) is 2.42. The molecule has 0 bridgehead atoms. The highest BCUT2D eigenvalue weighted by Crippen LogP contribution is 2.19. The van der Waals surface area contributed by atoms with Crippen LogP contribution in [0.4, 0.5) is 0 Å². The molecule has 0 spiro atoms. The Labute approximate surface area is 113 Å². The van der Waals surface area contributed by atoms with Crippen LogP contribution in [0, 0.1) is 11.3 Å². The lowest BCUT2D eigenvalue weighted by Gasteiger charge is -2.33. The van der Waals surface area contributed by atoms with Crippen molar-refractivity contribution in [2.24, 2.45) is 5.73 Å². The maximum Gasteiger partial charge on any atom is 0.152 e. The van der Waals surface area contributed by atoms with E-state index in [-0.39, 0.29) is 11.5 Å². The molecule has 1 unspecified atom stereocenters. The van der Waals surface area contributed by atoms with Crippen LogP contribution in [0.2, 0.25) is 0 Å². The third-order valence-electron chi connectivity index (χ3n) is 3.40. The summed E-state index contributed by atoms with van der Waals surface area (Å²) in [6, 6.07) is 11.4. The molecule has 1 fully saturated rings. The van der Waals surface area contributed by atoms with Crippen molar-refractivity contribution in [2.45, 2.75) is 5.54 Å². The number of hydrogen-bond acceptors (Lipinski definition) is 5. The van der Waals surface area contributed by atoms with Crippen molar-refractivity contribution in [3.05, 3.63) is 35.9 Å². The molecule has 1 aliphatic rings. The number of sulfone groups is 1. The van der Waals surface area contributed by atoms with Crippen LogP contribution < -0.4 is 5.73 Å². The normalized spacial score (nSPS) is 22.3. The monoisotopic (exact) mass is 279 g/mol. The average molecular weight is 279 g/mol. The van der Waals surface area contributed by atoms with Crippen LogP contribution in [-0.4, -0.2) is 44.5 Å². The molecule has 102 valence electrons. The van der Waals surface area contributed by atoms with Gasteiger partial charge in [-0.3, -0.25) is 4.90 Å². The van der Waals surface area contributed by atoms with Gasteiger partial charge in [-0.1, -0.05) is 30.3 Å². The number of nitrogens with two attached hydrogens (primary N) is 1. The van der Waals surface area contributed by atoms with Crippen molar-refractivity contribution in [3.63, 3.8) is 0 Å². The van der Waals surface area contributed by atoms with Crippen LogP contribution >= 0.6 is 0 Å². The standard InChI is InChI=1S/C13H17N3O2S/c14-10-13(15,12-4-2-1-3-5-12)11-16-6-8-19(17,18)9-7-16/h1-5H,6-9,11,15H2. The zero-order chi connectivity index (χ0) is 13.9. The maximum absolute atomic E-state index is 11.4. The molecule has 1 aromatic carbocycles. The molecule has 2 N–H and O–H groups in total. The first kappa shape index (κ1) is 14.0. The van der Waals surface area contributed by atoms with Crippen molar-refractivity contribution in [3.8, 4) is 6.07 Å². The lowest BCUT2D eigenvalue weighted by atomic mass is 9.92. The number of nitrogens with zero attached hydrogens (tertiary/aromatic N) is 2. The van der Waals surface area contributed by atoms with Gasteiger partial charge >= 0.3 is 0 Å². The zero-order valence-electron chi connectivity index (χ0n) is 10.6. The van der Waals surface area contributed by atoms with Gasteiger partial charge in [-0.05, 0) is 5.56 Å². The second-order valence-corrected chi connectivity index (χ2v) is 7.18. The van der Waals surface area contributed by atoms with E-state index in [2.05, 4.69) is 6.07 Å². The fourth-order valence-electron chi connectivity index (χ4n) is 2.19. The molecule has 0 amide bonds. The smallest absolute Gasteiger partial charge is 0.152 e. The first-order chi connectivity index (χ1) is 8.95. The molecule has 0 saturated carbocycles. The van der Waals surface area contributed by atoms with Crippen molar-refractivity contribution in [1.29, 1.82) is 5.26 Å². The first-order valence-corrected chi connectivity index (χ1v) is 7.96. The van der Waals surface area contributed by atoms with Crippen molar-refractivity contribution >= 4 is 9.84 Å². The Hall–Kier alpha value is -1.42. The summed E-state index contributed by atoms with van der Waals surface area (Å²) in [7, 11) is -2.91. The Bertz CT molecular complexity index is 566. The van der Waals surface area contributed by atoms with Crippen LogP contribution in [0.1, 0.15) is 5.56 Å². The van der Waals surface area contributed by atoms with Crippen LogP contribution in [0.25, 0.3) is 0 Å². The van der Waals surface area contributed by atoms with Gasteiger partial charge in [-0.2, -0.15) is 5.26 Å². The van der Waals surface area contributed by atoms with E-state index >= 15 is 0 Å². The minimum absolute atomic E-state index is 0.142. The van der Waals surface area contributed by atoms with E-state index < -0.39 is 15.4 Å². The van der Waals surface area contributed by atoms with E-state index in [4.69, 9.17) is 5.73 Å². The maximum atomic E-state index is 11.4. The summed E-state index contributed by atoms with van der Waals surface area (Å²) >= 11 is 0. The zero-order valence-corrected chi connectivity index (χ0v) is 11.4. The van der Waals surface area contributed by atoms with Gasteiger partial charge in [0.1, 0.15) is 5.54 Å². The SMILES string of the molecule is N#CC(N)(CN1CCS(=O)(=O)CC1)c1ccccc1. The third kappa shape index (κ3) is 3.32. The lowest BCUT2D eigenvalue weighted by molar-refractivity contribution is 0.251. The molecule has 1 heterocycles. The molecule has 1 atom stereocenters. The van der Waals surface area contributed by atoms with Gasteiger partial charge in [-0.15, -0.1) is 0 Å². The summed E-state index contributed by atoms with van der Waals surface area (Å²) in [5.74, 6) is 0.284. The van der Waals surface area contributed by atoms with Gasteiger partial charge < -0.3 is 5.73 Å². The van der Waals surface area contributed by atoms with Gasteiger partial charge in [-0.25, -0.2) is 8.42 Å². The van der Waals surface area contributed by atoms with E-state index in [0.717, 1.165) is 5.56 Å². The quantitative estimate of drug-likeness (QED) is 0.847. The highest BCUT2D eigenvalue weighted by atomic mass is 32.2. The van der Waals surface area contributed by atoms with Crippen molar-refractivity contribution < 1.29 is 8.42 Å². The summed E-state index contributed by atoms with van der Waals surface area (Å²) in [4.78, 5) is 1.94. The summed E-state index contributed by atoms with van der Waals surface area (Å²) in [6.45, 7) is 1.23. The predicted molar refractivity (Wildman–Crippen MR) is 73.0 cm³/mol. The minimum atomic E-state index is -2.91. The van der Waals surface area contributed by atoms with Crippen molar-refractivity contribution in [2.75, 3.05) is 31.1 Å². The van der Waals surface area contributed by atoms with E-state index in [0.29, 0.717) is 19.6 Å². The third-order valence-corrected chi connectivity index (χ3v) is 5.01. The Morgan fingerprint density at radius 2 is 1.84 bits per heavy atom. The Morgan fingerprint density at radius 3 is 2.37 bits per heavy atom. The largest absolute Gasteiger partial charge is 0.309 e. The molecule has 1 aliphatic heterocycles. The van der Waals surface area contributed by atoms with Crippen LogP contribution in [0.3, 0.4) is 0 Å². The highest BCUT2D eigenvalue weighted by molar-refractivity contribution is 7.91. The number of nitriles is 1. The summed E-state index contributed by atoms with van der Waals surface area (Å²) < 4.78 is 22.8. The Kier molecular flexibility index (Phi) is 3.90. The molecule has 0 aromatic heterocycles. The van der Waals surface area contributed by atoms with Crippen molar-refractivity contribution in [1.82, 2.24) is 4.90 Å². The van der Waals surface area contributed by atoms with Gasteiger partial charge in [0.15, 0.2) is 9.84 Å². The lowest BCUT2D eigenvalue weighted by Crippen LogP contribution is -2.51. The summed E-state index contributed by atoms with van der Waals surface area (Å²) in [5.41, 5.74) is 5.83. The summed E-state index contributed by atoms with van der Waals surface area (Å²) in [6.07, 6.45) is 0. The van der Waals surface area contributed by atoms with Gasteiger partial charge in [0.2, 0.25) is 0 Å². The van der Waals surface area contributed by atoms with E-state index in [1.54, 1.807) is 0 Å².